The van der Waals surface area contributed by atoms with E-state index in [1.165, 1.54) is 0 Å². The summed E-state index contributed by atoms with van der Waals surface area (Å²) >= 11 is 0. The van der Waals surface area contributed by atoms with Gasteiger partial charge in [0.25, 0.3) is 0 Å². The molecule has 0 aromatic heterocycles. The monoisotopic (exact) mass is 242 g/mol. The predicted molar refractivity (Wildman–Crippen MR) is 65.6 cm³/mol. The van der Waals surface area contributed by atoms with Crippen molar-refractivity contribution in [3.8, 4) is 0 Å². The highest BCUT2D eigenvalue weighted by atomic mass is 16.7. The zero-order valence-corrected chi connectivity index (χ0v) is 10.6. The average molecular weight is 242 g/mol. The van der Waals surface area contributed by atoms with E-state index in [9.17, 15) is 4.79 Å². The van der Waals surface area contributed by atoms with E-state index in [-0.39, 0.29) is 6.09 Å². The fourth-order valence-electron chi connectivity index (χ4n) is 1.55. The molecule has 1 saturated heterocycles. The van der Waals surface area contributed by atoms with Crippen molar-refractivity contribution in [2.75, 3.05) is 39.4 Å². The van der Waals surface area contributed by atoms with Gasteiger partial charge >= 0.3 is 6.09 Å². The molecule has 1 heterocycles. The van der Waals surface area contributed by atoms with Crippen LogP contribution in [0.1, 0.15) is 19.8 Å². The average Bonchev–Trinajstić information content (AvgIpc) is 2.37. The van der Waals surface area contributed by atoms with Gasteiger partial charge in [-0.15, -0.1) is 6.58 Å². The van der Waals surface area contributed by atoms with E-state index >= 15 is 0 Å². The number of ether oxygens (including phenoxy) is 1. The van der Waals surface area contributed by atoms with E-state index in [2.05, 4.69) is 13.5 Å². The third kappa shape index (κ3) is 5.19. The summed E-state index contributed by atoms with van der Waals surface area (Å²) in [5.41, 5.74) is 0. The molecule has 17 heavy (non-hydrogen) atoms. The minimum absolute atomic E-state index is 0.207. The van der Waals surface area contributed by atoms with Crippen LogP contribution in [0.4, 0.5) is 4.79 Å². The number of carbonyl (C=O) groups excluding carboxylic acids is 1. The second-order valence-corrected chi connectivity index (χ2v) is 3.97. The Bertz CT molecular complexity index is 238. The Morgan fingerprint density at radius 3 is 2.65 bits per heavy atom. The first-order valence-corrected chi connectivity index (χ1v) is 6.18. The molecule has 0 bridgehead atoms. The van der Waals surface area contributed by atoms with Gasteiger partial charge in [0.1, 0.15) is 0 Å². The highest BCUT2D eigenvalue weighted by molar-refractivity contribution is 5.67. The highest BCUT2D eigenvalue weighted by Crippen LogP contribution is 2.04. The van der Waals surface area contributed by atoms with Gasteiger partial charge in [-0.05, 0) is 6.42 Å². The molecule has 0 aliphatic carbocycles. The quantitative estimate of drug-likeness (QED) is 0.525. The summed E-state index contributed by atoms with van der Waals surface area (Å²) in [6, 6.07) is 0. The van der Waals surface area contributed by atoms with Gasteiger partial charge in [0.2, 0.25) is 0 Å². The van der Waals surface area contributed by atoms with Crippen LogP contribution in [0.3, 0.4) is 0 Å². The maximum absolute atomic E-state index is 11.6. The molecule has 0 spiro atoms. The molecule has 0 aromatic carbocycles. The molecule has 5 heteroatoms. The van der Waals surface area contributed by atoms with Gasteiger partial charge in [-0.1, -0.05) is 19.4 Å². The van der Waals surface area contributed by atoms with Crippen molar-refractivity contribution < 1.29 is 14.4 Å². The summed E-state index contributed by atoms with van der Waals surface area (Å²) in [6.07, 6.45) is 3.47. The van der Waals surface area contributed by atoms with Crippen molar-refractivity contribution in [2.24, 2.45) is 0 Å². The minimum atomic E-state index is -0.207. The Morgan fingerprint density at radius 2 is 2.06 bits per heavy atom. The van der Waals surface area contributed by atoms with Gasteiger partial charge < -0.3 is 9.64 Å². The first-order valence-electron chi connectivity index (χ1n) is 6.18. The first kappa shape index (κ1) is 14.0. The number of carbonyl (C=O) groups is 1. The molecule has 1 fully saturated rings. The lowest BCUT2D eigenvalue weighted by atomic mass is 10.3. The molecule has 1 rings (SSSR count). The molecule has 98 valence electrons. The standard InChI is InChI=1S/C12H22N2O3/c1-3-5-11-16-12(15)13-6-8-14(9-7-13)17-10-4-2/h4H,2-3,5-11H2,1H3. The highest BCUT2D eigenvalue weighted by Gasteiger charge is 2.22. The van der Waals surface area contributed by atoms with E-state index < -0.39 is 0 Å². The van der Waals surface area contributed by atoms with Crippen molar-refractivity contribution in [3.63, 3.8) is 0 Å². The summed E-state index contributed by atoms with van der Waals surface area (Å²) in [5.74, 6) is 0. The molecule has 1 amide bonds. The Labute approximate surface area is 103 Å². The number of nitrogens with zero attached hydrogens (tertiary/aromatic N) is 2. The summed E-state index contributed by atoms with van der Waals surface area (Å²) in [4.78, 5) is 18.7. The van der Waals surface area contributed by atoms with Crippen LogP contribution in [0.5, 0.6) is 0 Å². The number of unbranched alkanes of at least 4 members (excludes halogenated alkanes) is 1. The lowest BCUT2D eigenvalue weighted by Crippen LogP contribution is -2.48. The topological polar surface area (TPSA) is 42.0 Å². The van der Waals surface area contributed by atoms with Crippen molar-refractivity contribution >= 4 is 6.09 Å². The third-order valence-electron chi connectivity index (χ3n) is 2.60. The Hall–Kier alpha value is -1.07. The van der Waals surface area contributed by atoms with Crippen molar-refractivity contribution in [1.82, 2.24) is 9.96 Å². The van der Waals surface area contributed by atoms with Crippen LogP contribution in [0.2, 0.25) is 0 Å². The van der Waals surface area contributed by atoms with E-state index in [4.69, 9.17) is 9.57 Å². The summed E-state index contributed by atoms with van der Waals surface area (Å²) in [7, 11) is 0. The molecular formula is C12H22N2O3. The lowest BCUT2D eigenvalue weighted by molar-refractivity contribution is -0.164. The molecule has 1 aliphatic heterocycles. The van der Waals surface area contributed by atoms with Crippen molar-refractivity contribution in [3.05, 3.63) is 12.7 Å². The van der Waals surface area contributed by atoms with Gasteiger partial charge in [-0.3, -0.25) is 4.84 Å². The second-order valence-electron chi connectivity index (χ2n) is 3.97. The molecule has 0 aromatic rings. The number of hydroxylamine groups is 2. The van der Waals surface area contributed by atoms with Crippen LogP contribution < -0.4 is 0 Å². The van der Waals surface area contributed by atoms with Crippen LogP contribution >= 0.6 is 0 Å². The van der Waals surface area contributed by atoms with Crippen LogP contribution in [0.15, 0.2) is 12.7 Å². The van der Waals surface area contributed by atoms with Gasteiger partial charge in [-0.25, -0.2) is 4.79 Å². The Kier molecular flexibility index (Phi) is 6.65. The van der Waals surface area contributed by atoms with E-state index in [1.54, 1.807) is 11.0 Å². The molecule has 0 atom stereocenters. The van der Waals surface area contributed by atoms with E-state index in [0.717, 1.165) is 25.9 Å². The number of piperazine rings is 1. The smallest absolute Gasteiger partial charge is 0.409 e. The summed E-state index contributed by atoms with van der Waals surface area (Å²) < 4.78 is 5.15. The maximum atomic E-state index is 11.6. The molecule has 0 unspecified atom stereocenters. The molecule has 5 nitrogen and oxygen atoms in total. The molecule has 0 radical (unpaired) electrons. The van der Waals surface area contributed by atoms with Crippen LogP contribution in [-0.4, -0.2) is 55.4 Å². The third-order valence-corrected chi connectivity index (χ3v) is 2.60. The number of amides is 1. The van der Waals surface area contributed by atoms with Crippen LogP contribution in [-0.2, 0) is 9.57 Å². The molecular weight excluding hydrogens is 220 g/mol. The number of rotatable bonds is 6. The van der Waals surface area contributed by atoms with Crippen LogP contribution in [0, 0.1) is 0 Å². The van der Waals surface area contributed by atoms with Crippen molar-refractivity contribution in [2.45, 2.75) is 19.8 Å². The fourth-order valence-corrected chi connectivity index (χ4v) is 1.55. The molecule has 1 aliphatic rings. The van der Waals surface area contributed by atoms with Gasteiger partial charge in [-0.2, -0.15) is 5.06 Å². The summed E-state index contributed by atoms with van der Waals surface area (Å²) in [6.45, 7) is 9.45. The lowest BCUT2D eigenvalue weighted by Gasteiger charge is -2.32. The van der Waals surface area contributed by atoms with Gasteiger partial charge in [0.05, 0.1) is 13.2 Å². The predicted octanol–water partition coefficient (Wildman–Crippen LogP) is 1.66. The number of hydrogen-bond acceptors (Lipinski definition) is 4. The first-order chi connectivity index (χ1) is 8.27. The van der Waals surface area contributed by atoms with Gasteiger partial charge in [0, 0.05) is 26.2 Å². The zero-order valence-electron chi connectivity index (χ0n) is 10.6. The molecule has 0 N–H and O–H groups in total. The van der Waals surface area contributed by atoms with E-state index in [0.29, 0.717) is 26.3 Å². The maximum Gasteiger partial charge on any atom is 0.409 e. The normalized spacial score (nSPS) is 16.9. The fraction of sp³-hybridized carbons (Fsp3) is 0.750. The zero-order chi connectivity index (χ0) is 12.5. The second kappa shape index (κ2) is 8.08. The Balaban J connectivity index is 2.17. The Morgan fingerprint density at radius 1 is 1.35 bits per heavy atom. The van der Waals surface area contributed by atoms with Gasteiger partial charge in [0.15, 0.2) is 0 Å². The summed E-state index contributed by atoms with van der Waals surface area (Å²) in [5, 5.41) is 1.86. The molecule has 0 saturated carbocycles. The largest absolute Gasteiger partial charge is 0.449 e. The van der Waals surface area contributed by atoms with Crippen molar-refractivity contribution in [1.29, 1.82) is 0 Å². The number of hydrogen-bond donors (Lipinski definition) is 0. The minimum Gasteiger partial charge on any atom is -0.449 e. The SMILES string of the molecule is C=CCON1CCN(C(=O)OCCCC)CC1. The van der Waals surface area contributed by atoms with Crippen LogP contribution in [0.25, 0.3) is 0 Å². The van der Waals surface area contributed by atoms with E-state index in [1.807, 2.05) is 5.06 Å².